The molecule has 0 aromatic carbocycles. The van der Waals surface area contributed by atoms with E-state index in [0.29, 0.717) is 0 Å². The number of hydrogen-bond donors (Lipinski definition) is 2. The molecule has 6 atom stereocenters. The highest BCUT2D eigenvalue weighted by atomic mass is 32.2. The quantitative estimate of drug-likeness (QED) is 0.426. The highest BCUT2D eigenvalue weighted by molar-refractivity contribution is 7.86. The van der Waals surface area contributed by atoms with Crippen molar-refractivity contribution in [2.75, 3.05) is 12.5 Å². The van der Waals surface area contributed by atoms with Crippen molar-refractivity contribution < 1.29 is 25.2 Å². The second-order valence-corrected chi connectivity index (χ2v) is 8.17. The van der Waals surface area contributed by atoms with Gasteiger partial charge in [0.15, 0.2) is 0 Å². The van der Waals surface area contributed by atoms with E-state index >= 15 is 0 Å². The molecule has 0 amide bonds. The lowest BCUT2D eigenvalue weighted by Crippen LogP contribution is -2.47. The van der Waals surface area contributed by atoms with Crippen molar-refractivity contribution in [1.82, 2.24) is 10.6 Å². The van der Waals surface area contributed by atoms with E-state index in [9.17, 15) is 16.8 Å². The third kappa shape index (κ3) is 2.40. The lowest BCUT2D eigenvalue weighted by Gasteiger charge is -2.26. The molecular formula is C8H14N2O6S2. The molecule has 104 valence electrons. The first-order chi connectivity index (χ1) is 8.16. The zero-order chi connectivity index (χ0) is 13.3. The van der Waals surface area contributed by atoms with Crippen molar-refractivity contribution in [1.29, 1.82) is 0 Å². The number of fused-ring (bicyclic) bond motifs is 3. The van der Waals surface area contributed by atoms with Gasteiger partial charge in [-0.05, 0) is 0 Å². The van der Waals surface area contributed by atoms with Crippen LogP contribution in [0.3, 0.4) is 0 Å². The van der Waals surface area contributed by atoms with Gasteiger partial charge in [0.1, 0.15) is 12.2 Å². The molecule has 2 saturated heterocycles. The molecule has 0 bridgehead atoms. The summed E-state index contributed by atoms with van der Waals surface area (Å²) in [6, 6.07) is -0.0761. The van der Waals surface area contributed by atoms with Crippen LogP contribution in [0.5, 0.6) is 0 Å². The molecule has 0 aromatic heterocycles. The highest BCUT2D eigenvalue weighted by Crippen LogP contribution is 2.41. The minimum Gasteiger partial charge on any atom is -0.304 e. The molecule has 0 spiro atoms. The van der Waals surface area contributed by atoms with Gasteiger partial charge in [-0.1, -0.05) is 0 Å². The monoisotopic (exact) mass is 298 g/mol. The van der Waals surface area contributed by atoms with Crippen LogP contribution in [-0.2, 0) is 28.6 Å². The summed E-state index contributed by atoms with van der Waals surface area (Å²) in [6.07, 6.45) is 0.259. The Morgan fingerprint density at radius 3 is 1.33 bits per heavy atom. The predicted molar refractivity (Wildman–Crippen MR) is 60.9 cm³/mol. The van der Waals surface area contributed by atoms with Gasteiger partial charge in [0.2, 0.25) is 0 Å². The van der Waals surface area contributed by atoms with Crippen LogP contribution in [0.4, 0.5) is 0 Å². The Labute approximate surface area is 105 Å². The Kier molecular flexibility index (Phi) is 2.58. The van der Waals surface area contributed by atoms with E-state index in [2.05, 4.69) is 10.6 Å². The van der Waals surface area contributed by atoms with Gasteiger partial charge in [-0.15, -0.1) is 0 Å². The van der Waals surface area contributed by atoms with Crippen LogP contribution >= 0.6 is 0 Å². The van der Waals surface area contributed by atoms with Crippen LogP contribution in [0.1, 0.15) is 0 Å². The summed E-state index contributed by atoms with van der Waals surface area (Å²) < 4.78 is 54.8. The van der Waals surface area contributed by atoms with E-state index in [1.54, 1.807) is 0 Å². The zero-order valence-electron chi connectivity index (χ0n) is 9.73. The molecule has 18 heavy (non-hydrogen) atoms. The van der Waals surface area contributed by atoms with Crippen LogP contribution < -0.4 is 10.6 Å². The van der Waals surface area contributed by atoms with E-state index in [0.717, 1.165) is 12.5 Å². The van der Waals surface area contributed by atoms with E-state index in [1.807, 2.05) is 0 Å². The van der Waals surface area contributed by atoms with Gasteiger partial charge >= 0.3 is 0 Å². The van der Waals surface area contributed by atoms with Gasteiger partial charge < -0.3 is 10.6 Å². The normalized spacial score (nSPS) is 46.1. The van der Waals surface area contributed by atoms with Crippen molar-refractivity contribution >= 4 is 20.2 Å². The Bertz CT molecular complexity index is 520. The second-order valence-electron chi connectivity index (χ2n) is 4.97. The van der Waals surface area contributed by atoms with Gasteiger partial charge in [0.25, 0.3) is 20.2 Å². The molecule has 1 saturated carbocycles. The molecule has 2 N–H and O–H groups in total. The molecule has 2 heterocycles. The van der Waals surface area contributed by atoms with Crippen molar-refractivity contribution in [2.24, 2.45) is 0 Å². The molecule has 0 unspecified atom stereocenters. The van der Waals surface area contributed by atoms with E-state index < -0.39 is 32.4 Å². The van der Waals surface area contributed by atoms with Crippen LogP contribution in [-0.4, -0.2) is 65.7 Å². The Hall–Kier alpha value is -0.260. The van der Waals surface area contributed by atoms with Crippen molar-refractivity contribution in [2.45, 2.75) is 36.4 Å². The summed E-state index contributed by atoms with van der Waals surface area (Å²) in [5.74, 6) is 0. The lowest BCUT2D eigenvalue weighted by molar-refractivity contribution is 0.0533. The molecule has 10 heteroatoms. The smallest absolute Gasteiger partial charge is 0.264 e. The topological polar surface area (TPSA) is 131 Å². The van der Waals surface area contributed by atoms with Gasteiger partial charge in [0.05, 0.1) is 24.6 Å². The third-order valence-electron chi connectivity index (χ3n) is 3.32. The minimum atomic E-state index is -3.67. The maximum Gasteiger partial charge on any atom is 0.264 e. The number of hydrogen-bond acceptors (Lipinski definition) is 8. The third-order valence-corrected chi connectivity index (χ3v) is 4.46. The van der Waals surface area contributed by atoms with E-state index in [4.69, 9.17) is 8.37 Å². The maximum atomic E-state index is 11.2. The van der Waals surface area contributed by atoms with Crippen LogP contribution in [0.15, 0.2) is 0 Å². The molecule has 1 aliphatic carbocycles. The lowest BCUT2D eigenvalue weighted by atomic mass is 9.95. The van der Waals surface area contributed by atoms with Crippen molar-refractivity contribution in [3.8, 4) is 0 Å². The first-order valence-electron chi connectivity index (χ1n) is 5.44. The largest absolute Gasteiger partial charge is 0.304 e. The number of nitrogens with one attached hydrogen (secondary N) is 2. The Morgan fingerprint density at radius 1 is 0.722 bits per heavy atom. The van der Waals surface area contributed by atoms with Crippen LogP contribution in [0, 0.1) is 0 Å². The standard InChI is InChI=1S/C8H14N2O6S2/c1-17(11,12)15-7-5-3(9-5)4-6(10-4)8(7)16-18(2,13)14/h3-10H,1-2H3/t3-,4+,5-,6+,7+,8-. The maximum absolute atomic E-state index is 11.2. The summed E-state index contributed by atoms with van der Waals surface area (Å²) in [5.41, 5.74) is 0. The molecule has 8 nitrogen and oxygen atoms in total. The predicted octanol–water partition coefficient (Wildman–Crippen LogP) is -2.63. The van der Waals surface area contributed by atoms with Crippen molar-refractivity contribution in [3.63, 3.8) is 0 Å². The Balaban J connectivity index is 1.83. The average Bonchev–Trinajstić information content (AvgIpc) is 2.93. The molecule has 3 fully saturated rings. The van der Waals surface area contributed by atoms with E-state index in [1.165, 1.54) is 0 Å². The summed E-state index contributed by atoms with van der Waals surface area (Å²) in [7, 11) is -7.33. The fourth-order valence-corrected chi connectivity index (χ4v) is 3.89. The first kappa shape index (κ1) is 12.8. The summed E-state index contributed by atoms with van der Waals surface area (Å²) in [4.78, 5) is 0. The minimum absolute atomic E-state index is 0.140. The van der Waals surface area contributed by atoms with E-state index in [-0.39, 0.29) is 24.2 Å². The summed E-state index contributed by atoms with van der Waals surface area (Å²) in [5, 5.41) is 6.17. The van der Waals surface area contributed by atoms with Gasteiger partial charge in [-0.25, -0.2) is 0 Å². The fraction of sp³-hybridized carbons (Fsp3) is 1.00. The molecule has 2 aliphatic heterocycles. The first-order valence-corrected chi connectivity index (χ1v) is 9.08. The van der Waals surface area contributed by atoms with Crippen LogP contribution in [0.25, 0.3) is 0 Å². The number of rotatable bonds is 4. The molecule has 3 rings (SSSR count). The SMILES string of the molecule is CS(=O)(=O)O[C@@H]1[C@H]2N[C@H]2[C@H]2N[C@H]2[C@@H]1OS(C)(=O)=O. The molecule has 3 aliphatic rings. The van der Waals surface area contributed by atoms with Crippen LogP contribution in [0.2, 0.25) is 0 Å². The molecule has 0 aromatic rings. The average molecular weight is 298 g/mol. The summed E-state index contributed by atoms with van der Waals surface area (Å²) >= 11 is 0. The zero-order valence-corrected chi connectivity index (χ0v) is 11.4. The molecule has 0 radical (unpaired) electrons. The Morgan fingerprint density at radius 2 is 1.06 bits per heavy atom. The second kappa shape index (κ2) is 3.64. The van der Waals surface area contributed by atoms with Gasteiger partial charge in [-0.3, -0.25) is 8.37 Å². The van der Waals surface area contributed by atoms with Crippen molar-refractivity contribution in [3.05, 3.63) is 0 Å². The van der Waals surface area contributed by atoms with Gasteiger partial charge in [-0.2, -0.15) is 16.8 Å². The molecular weight excluding hydrogens is 284 g/mol. The highest BCUT2D eigenvalue weighted by Gasteiger charge is 2.68. The fourth-order valence-electron chi connectivity index (χ4n) is 2.63. The van der Waals surface area contributed by atoms with Gasteiger partial charge in [0, 0.05) is 12.1 Å². The summed E-state index contributed by atoms with van der Waals surface area (Å²) in [6.45, 7) is 0.